The van der Waals surface area contributed by atoms with E-state index in [1.165, 1.54) is 12.3 Å². The monoisotopic (exact) mass is 535 g/mol. The third kappa shape index (κ3) is 5.07. The number of anilines is 2. The number of hydrogen-bond donors (Lipinski definition) is 2. The molecule has 5 aromatic rings. The Kier molecular flexibility index (Phi) is 6.56. The van der Waals surface area contributed by atoms with Crippen LogP contribution in [-0.4, -0.2) is 26.2 Å². The van der Waals surface area contributed by atoms with Crippen LogP contribution in [0.3, 0.4) is 0 Å². The minimum Gasteiger partial charge on any atom is -0.322 e. The predicted molar refractivity (Wildman–Crippen MR) is 137 cm³/mol. The molecule has 190 valence electrons. The number of aromatic nitrogens is 3. The Hall–Kier alpha value is -4.70. The highest BCUT2D eigenvalue weighted by Crippen LogP contribution is 2.35. The zero-order chi connectivity index (χ0) is 26.9. The number of rotatable bonds is 5. The van der Waals surface area contributed by atoms with Crippen molar-refractivity contribution in [3.63, 3.8) is 0 Å². The Bertz CT molecular complexity index is 1670. The van der Waals surface area contributed by atoms with Crippen LogP contribution in [0, 0.1) is 0 Å². The van der Waals surface area contributed by atoms with E-state index in [0.29, 0.717) is 34.2 Å². The van der Waals surface area contributed by atoms with Gasteiger partial charge in [-0.25, -0.2) is 9.97 Å². The second kappa shape index (κ2) is 9.98. The molecule has 0 unspecified atom stereocenters. The third-order valence-electron chi connectivity index (χ3n) is 5.65. The molecule has 0 bridgehead atoms. The van der Waals surface area contributed by atoms with Gasteiger partial charge < -0.3 is 10.6 Å². The van der Waals surface area contributed by atoms with Gasteiger partial charge in [0.05, 0.1) is 22.5 Å². The molecule has 0 radical (unpaired) electrons. The van der Waals surface area contributed by atoms with Crippen molar-refractivity contribution in [2.75, 3.05) is 10.6 Å². The second-order valence-corrected chi connectivity index (χ2v) is 8.57. The number of alkyl halides is 3. The fourth-order valence-corrected chi connectivity index (χ4v) is 4.06. The van der Waals surface area contributed by atoms with Crippen LogP contribution in [0.15, 0.2) is 91.4 Å². The molecule has 11 heteroatoms. The van der Waals surface area contributed by atoms with Crippen molar-refractivity contribution >= 4 is 40.6 Å². The number of benzene rings is 3. The topological polar surface area (TPSA) is 88.4 Å². The minimum atomic E-state index is -4.69. The Morgan fingerprint density at radius 2 is 1.61 bits per heavy atom. The molecule has 2 amide bonds. The number of amides is 2. The van der Waals surface area contributed by atoms with E-state index in [4.69, 9.17) is 11.6 Å². The molecule has 2 N–H and O–H groups in total. The average Bonchev–Trinajstić information content (AvgIpc) is 3.34. The number of imidazole rings is 1. The summed E-state index contributed by atoms with van der Waals surface area (Å²) in [6.45, 7) is 0. The van der Waals surface area contributed by atoms with E-state index in [-0.39, 0.29) is 17.3 Å². The number of fused-ring (bicyclic) bond motifs is 1. The number of nitrogens with one attached hydrogen (secondary N) is 2. The van der Waals surface area contributed by atoms with Crippen molar-refractivity contribution in [3.05, 3.63) is 113 Å². The predicted octanol–water partition coefficient (Wildman–Crippen LogP) is 6.57. The highest BCUT2D eigenvalue weighted by atomic mass is 35.5. The van der Waals surface area contributed by atoms with E-state index in [2.05, 4.69) is 20.6 Å². The van der Waals surface area contributed by atoms with Crippen LogP contribution >= 0.6 is 11.6 Å². The third-order valence-corrected chi connectivity index (χ3v) is 5.98. The highest BCUT2D eigenvalue weighted by molar-refractivity contribution is 6.31. The molecule has 2 aromatic heterocycles. The summed E-state index contributed by atoms with van der Waals surface area (Å²) in [4.78, 5) is 33.9. The van der Waals surface area contributed by atoms with Gasteiger partial charge >= 0.3 is 6.18 Å². The van der Waals surface area contributed by atoms with E-state index in [1.807, 2.05) is 6.07 Å². The van der Waals surface area contributed by atoms with Gasteiger partial charge in [0.1, 0.15) is 0 Å². The van der Waals surface area contributed by atoms with E-state index < -0.39 is 22.7 Å². The largest absolute Gasteiger partial charge is 0.417 e. The summed E-state index contributed by atoms with van der Waals surface area (Å²) in [5, 5.41) is 4.89. The molecule has 0 saturated heterocycles. The van der Waals surface area contributed by atoms with Crippen LogP contribution in [0.1, 0.15) is 26.3 Å². The lowest BCUT2D eigenvalue weighted by Crippen LogP contribution is -2.14. The first-order valence-electron chi connectivity index (χ1n) is 11.2. The molecular weight excluding hydrogens is 519 g/mol. The van der Waals surface area contributed by atoms with E-state index >= 15 is 0 Å². The molecule has 0 saturated carbocycles. The summed E-state index contributed by atoms with van der Waals surface area (Å²) in [6.07, 6.45) is 0.0895. The van der Waals surface area contributed by atoms with Crippen LogP contribution in [0.4, 0.5) is 24.7 Å². The standard InChI is InChI=1S/C27H17ClF3N5O2/c28-21-10-9-18(14-20(21)27(29,30)31)26(38)34-19-8-4-7-17(13-19)22-15-33-24-23(32-11-12-36(22)24)35-25(37)16-5-2-1-3-6-16/h1-15H,(H,34,38)(H,32,35,37). The first-order valence-corrected chi connectivity index (χ1v) is 11.6. The maximum absolute atomic E-state index is 13.2. The van der Waals surface area contributed by atoms with Gasteiger partial charge in [-0.15, -0.1) is 0 Å². The van der Waals surface area contributed by atoms with Crippen LogP contribution in [-0.2, 0) is 6.18 Å². The lowest BCUT2D eigenvalue weighted by atomic mass is 10.1. The number of carbonyl (C=O) groups excluding carboxylic acids is 2. The highest BCUT2D eigenvalue weighted by Gasteiger charge is 2.33. The maximum Gasteiger partial charge on any atom is 0.417 e. The quantitative estimate of drug-likeness (QED) is 0.266. The van der Waals surface area contributed by atoms with Crippen molar-refractivity contribution in [2.45, 2.75) is 6.18 Å². The van der Waals surface area contributed by atoms with Crippen LogP contribution < -0.4 is 10.6 Å². The van der Waals surface area contributed by atoms with Crippen molar-refractivity contribution in [3.8, 4) is 11.3 Å². The lowest BCUT2D eigenvalue weighted by molar-refractivity contribution is -0.137. The molecule has 38 heavy (non-hydrogen) atoms. The Balaban J connectivity index is 1.40. The number of hydrogen-bond acceptors (Lipinski definition) is 4. The summed E-state index contributed by atoms with van der Waals surface area (Å²) in [5.74, 6) is -0.797. The summed E-state index contributed by atoms with van der Waals surface area (Å²) < 4.78 is 41.3. The first kappa shape index (κ1) is 25.0. The molecule has 5 rings (SSSR count). The van der Waals surface area contributed by atoms with Crippen LogP contribution in [0.2, 0.25) is 5.02 Å². The fourth-order valence-electron chi connectivity index (χ4n) is 3.83. The van der Waals surface area contributed by atoms with Gasteiger partial charge in [0, 0.05) is 34.8 Å². The maximum atomic E-state index is 13.2. The number of nitrogens with zero attached hydrogens (tertiary/aromatic N) is 3. The smallest absolute Gasteiger partial charge is 0.322 e. The van der Waals surface area contributed by atoms with Crippen LogP contribution in [0.25, 0.3) is 16.9 Å². The molecular formula is C27H17ClF3N5O2. The molecule has 2 heterocycles. The first-order chi connectivity index (χ1) is 18.2. The van der Waals surface area contributed by atoms with E-state index in [0.717, 1.165) is 6.07 Å². The molecule has 0 aliphatic heterocycles. The van der Waals surface area contributed by atoms with E-state index in [9.17, 15) is 22.8 Å². The Morgan fingerprint density at radius 3 is 2.37 bits per heavy atom. The molecule has 0 aliphatic carbocycles. The fraction of sp³-hybridized carbons (Fsp3) is 0.0370. The van der Waals surface area contributed by atoms with Crippen molar-refractivity contribution < 1.29 is 22.8 Å². The summed E-state index contributed by atoms with van der Waals surface area (Å²) in [6, 6.07) is 18.4. The van der Waals surface area contributed by atoms with Gasteiger partial charge in [-0.2, -0.15) is 13.2 Å². The van der Waals surface area contributed by atoms with Gasteiger partial charge in [0.15, 0.2) is 11.5 Å². The van der Waals surface area contributed by atoms with Crippen molar-refractivity contribution in [1.29, 1.82) is 0 Å². The zero-order valence-corrected chi connectivity index (χ0v) is 20.1. The lowest BCUT2D eigenvalue weighted by Gasteiger charge is -2.12. The van der Waals surface area contributed by atoms with Crippen molar-refractivity contribution in [2.24, 2.45) is 0 Å². The van der Waals surface area contributed by atoms with Gasteiger partial charge in [-0.05, 0) is 42.5 Å². The van der Waals surface area contributed by atoms with Gasteiger partial charge in [-0.3, -0.25) is 14.0 Å². The summed E-state index contributed by atoms with van der Waals surface area (Å²) in [7, 11) is 0. The normalized spacial score (nSPS) is 11.4. The Labute approximate surface area is 218 Å². The van der Waals surface area contributed by atoms with E-state index in [1.54, 1.807) is 65.3 Å². The molecule has 0 atom stereocenters. The minimum absolute atomic E-state index is 0.188. The Morgan fingerprint density at radius 1 is 0.842 bits per heavy atom. The number of carbonyl (C=O) groups is 2. The molecule has 7 nitrogen and oxygen atoms in total. The SMILES string of the molecule is O=C(Nc1cccc(-c2cnc3c(NC(=O)c4ccccc4)nccn23)c1)c1ccc(Cl)c(C(F)(F)F)c1. The average molecular weight is 536 g/mol. The van der Waals surface area contributed by atoms with Gasteiger partial charge in [0.2, 0.25) is 0 Å². The van der Waals surface area contributed by atoms with Gasteiger partial charge in [0.25, 0.3) is 11.8 Å². The number of halogens is 4. The second-order valence-electron chi connectivity index (χ2n) is 8.16. The van der Waals surface area contributed by atoms with Crippen LogP contribution in [0.5, 0.6) is 0 Å². The molecule has 0 spiro atoms. The van der Waals surface area contributed by atoms with Crippen molar-refractivity contribution in [1.82, 2.24) is 14.4 Å². The zero-order valence-electron chi connectivity index (χ0n) is 19.3. The van der Waals surface area contributed by atoms with Gasteiger partial charge in [-0.1, -0.05) is 41.9 Å². The molecule has 0 fully saturated rings. The molecule has 3 aromatic carbocycles. The molecule has 0 aliphatic rings. The summed E-state index contributed by atoms with van der Waals surface area (Å²) >= 11 is 5.65. The summed E-state index contributed by atoms with van der Waals surface area (Å²) in [5.41, 5.74) is 1.25.